The minimum absolute atomic E-state index is 0.0386. The quantitative estimate of drug-likeness (QED) is 0.598. The third kappa shape index (κ3) is 1.27. The van der Waals surface area contributed by atoms with Crippen LogP contribution in [0.3, 0.4) is 0 Å². The molecule has 74 valence electrons. The molecule has 1 nitrogen and oxygen atoms in total. The first-order valence-corrected chi connectivity index (χ1v) is 5.32. The molecule has 0 saturated carbocycles. The maximum Gasteiger partial charge on any atom is 0.0870 e. The van der Waals surface area contributed by atoms with Gasteiger partial charge in [0.25, 0.3) is 0 Å². The van der Waals surface area contributed by atoms with Crippen molar-refractivity contribution in [1.82, 2.24) is 0 Å². The highest BCUT2D eigenvalue weighted by molar-refractivity contribution is 5.57. The molecular weight excluding hydrogens is 182 g/mol. The van der Waals surface area contributed by atoms with Crippen LogP contribution < -0.4 is 10.6 Å². The van der Waals surface area contributed by atoms with Crippen LogP contribution in [0.1, 0.15) is 13.3 Å². The summed E-state index contributed by atoms with van der Waals surface area (Å²) in [7, 11) is 0. The molecule has 15 heavy (non-hydrogen) atoms. The van der Waals surface area contributed by atoms with Gasteiger partial charge in [-0.3, -0.25) is 4.99 Å². The first-order chi connectivity index (χ1) is 7.28. The highest BCUT2D eigenvalue weighted by Crippen LogP contribution is 2.30. The minimum atomic E-state index is -0.0386. The van der Waals surface area contributed by atoms with E-state index in [9.17, 15) is 0 Å². The van der Waals surface area contributed by atoms with E-state index in [1.54, 1.807) is 0 Å². The Morgan fingerprint density at radius 3 is 3.07 bits per heavy atom. The molecule has 1 aliphatic heterocycles. The molecule has 3 rings (SSSR count). The van der Waals surface area contributed by atoms with Gasteiger partial charge in [0.05, 0.1) is 10.9 Å². The molecule has 1 heteroatoms. The molecule has 0 fully saturated rings. The fourth-order valence-electron chi connectivity index (χ4n) is 2.23. The zero-order valence-electron chi connectivity index (χ0n) is 8.77. The third-order valence-corrected chi connectivity index (χ3v) is 3.16. The van der Waals surface area contributed by atoms with Crippen LogP contribution in [0.25, 0.3) is 6.08 Å². The smallest absolute Gasteiger partial charge is 0.0870 e. The van der Waals surface area contributed by atoms with E-state index >= 15 is 0 Å². The minimum Gasteiger partial charge on any atom is -0.273 e. The number of allylic oxidation sites excluding steroid dienone is 2. The zero-order chi connectivity index (χ0) is 10.3. The summed E-state index contributed by atoms with van der Waals surface area (Å²) in [5.74, 6) is 0. The van der Waals surface area contributed by atoms with E-state index in [1.807, 2.05) is 6.07 Å². The summed E-state index contributed by atoms with van der Waals surface area (Å²) in [5, 5.41) is 2.35. The SMILES string of the molecule is CC12CC=CC=C1C=c1ccccc1=N2. The van der Waals surface area contributed by atoms with Gasteiger partial charge in [0, 0.05) is 5.22 Å². The number of benzene rings is 1. The summed E-state index contributed by atoms with van der Waals surface area (Å²) in [6, 6.07) is 8.32. The lowest BCUT2D eigenvalue weighted by atomic mass is 9.83. The molecule has 0 N–H and O–H groups in total. The molecule has 1 atom stereocenters. The molecule has 0 radical (unpaired) electrons. The molecule has 1 aromatic carbocycles. The lowest BCUT2D eigenvalue weighted by Gasteiger charge is -2.29. The second-order valence-corrected chi connectivity index (χ2v) is 4.34. The van der Waals surface area contributed by atoms with Gasteiger partial charge in [-0.15, -0.1) is 0 Å². The number of fused-ring (bicyclic) bond motifs is 2. The fourth-order valence-corrected chi connectivity index (χ4v) is 2.23. The monoisotopic (exact) mass is 195 g/mol. The van der Waals surface area contributed by atoms with Gasteiger partial charge < -0.3 is 0 Å². The van der Waals surface area contributed by atoms with Gasteiger partial charge in [-0.25, -0.2) is 0 Å². The summed E-state index contributed by atoms with van der Waals surface area (Å²) < 4.78 is 0. The van der Waals surface area contributed by atoms with Gasteiger partial charge in [0.2, 0.25) is 0 Å². The molecular formula is C14H13N. The van der Waals surface area contributed by atoms with Crippen molar-refractivity contribution >= 4 is 6.08 Å². The summed E-state index contributed by atoms with van der Waals surface area (Å²) in [6.07, 6.45) is 9.74. The van der Waals surface area contributed by atoms with E-state index in [0.29, 0.717) is 0 Å². The van der Waals surface area contributed by atoms with E-state index < -0.39 is 0 Å². The van der Waals surface area contributed by atoms with Gasteiger partial charge in [-0.1, -0.05) is 36.4 Å². The first-order valence-electron chi connectivity index (χ1n) is 5.32. The maximum atomic E-state index is 4.85. The third-order valence-electron chi connectivity index (χ3n) is 3.16. The van der Waals surface area contributed by atoms with Crippen molar-refractivity contribution in [2.24, 2.45) is 4.99 Å². The predicted molar refractivity (Wildman–Crippen MR) is 61.9 cm³/mol. The summed E-state index contributed by atoms with van der Waals surface area (Å²) >= 11 is 0. The van der Waals surface area contributed by atoms with Gasteiger partial charge in [0.1, 0.15) is 0 Å². The maximum absolute atomic E-state index is 4.85. The number of rotatable bonds is 0. The van der Waals surface area contributed by atoms with E-state index in [1.165, 1.54) is 10.8 Å². The number of para-hydroxylation sites is 1. The molecule has 0 spiro atoms. The molecule has 0 aromatic heterocycles. The lowest BCUT2D eigenvalue weighted by Crippen LogP contribution is -2.38. The van der Waals surface area contributed by atoms with E-state index in [4.69, 9.17) is 4.99 Å². The van der Waals surface area contributed by atoms with Crippen molar-refractivity contribution < 1.29 is 0 Å². The van der Waals surface area contributed by atoms with Crippen LogP contribution in [0.15, 0.2) is 53.1 Å². The van der Waals surface area contributed by atoms with E-state index in [2.05, 4.69) is 49.4 Å². The van der Waals surface area contributed by atoms with Crippen LogP contribution in [-0.2, 0) is 0 Å². The van der Waals surface area contributed by atoms with Crippen molar-refractivity contribution in [1.29, 1.82) is 0 Å². The fraction of sp³-hybridized carbons (Fsp3) is 0.214. The standard InChI is InChI=1S/C14H13N/c1-14-9-5-4-7-12(14)10-11-6-2-3-8-13(11)15-14/h2-8,10H,9H2,1H3. The van der Waals surface area contributed by atoms with Crippen molar-refractivity contribution in [3.63, 3.8) is 0 Å². The molecule has 1 aliphatic carbocycles. The number of hydrogen-bond acceptors (Lipinski definition) is 1. The molecule has 0 saturated heterocycles. The Hall–Kier alpha value is -1.63. The zero-order valence-corrected chi connectivity index (χ0v) is 8.77. The summed E-state index contributed by atoms with van der Waals surface area (Å²) in [4.78, 5) is 4.85. The second kappa shape index (κ2) is 2.93. The number of nitrogens with zero attached hydrogens (tertiary/aromatic N) is 1. The average molecular weight is 195 g/mol. The topological polar surface area (TPSA) is 12.4 Å². The van der Waals surface area contributed by atoms with Crippen LogP contribution in [0, 0.1) is 0 Å². The Bertz CT molecular complexity index is 578. The Morgan fingerprint density at radius 1 is 1.27 bits per heavy atom. The Kier molecular flexibility index (Phi) is 1.69. The van der Waals surface area contributed by atoms with Crippen LogP contribution in [0.4, 0.5) is 0 Å². The largest absolute Gasteiger partial charge is 0.273 e. The lowest BCUT2D eigenvalue weighted by molar-refractivity contribution is 0.552. The van der Waals surface area contributed by atoms with Crippen molar-refractivity contribution in [2.75, 3.05) is 0 Å². The van der Waals surface area contributed by atoms with Gasteiger partial charge in [-0.05, 0) is 31.1 Å². The second-order valence-electron chi connectivity index (χ2n) is 4.34. The van der Waals surface area contributed by atoms with Crippen molar-refractivity contribution in [3.05, 3.63) is 58.6 Å². The Labute approximate surface area is 89.2 Å². The average Bonchev–Trinajstić information content (AvgIpc) is 2.25. The molecule has 0 bridgehead atoms. The van der Waals surface area contributed by atoms with Crippen LogP contribution in [0.5, 0.6) is 0 Å². The Morgan fingerprint density at radius 2 is 2.13 bits per heavy atom. The Balaban J connectivity index is 2.35. The van der Waals surface area contributed by atoms with E-state index in [0.717, 1.165) is 11.8 Å². The van der Waals surface area contributed by atoms with Gasteiger partial charge in [0.15, 0.2) is 0 Å². The van der Waals surface area contributed by atoms with Gasteiger partial charge in [-0.2, -0.15) is 0 Å². The molecule has 1 aromatic rings. The molecule has 1 unspecified atom stereocenters. The summed E-state index contributed by atoms with van der Waals surface area (Å²) in [6.45, 7) is 2.20. The van der Waals surface area contributed by atoms with E-state index in [-0.39, 0.29) is 5.54 Å². The highest BCUT2D eigenvalue weighted by atomic mass is 14.9. The first kappa shape index (κ1) is 8.66. The molecule has 2 aliphatic rings. The highest BCUT2D eigenvalue weighted by Gasteiger charge is 2.28. The summed E-state index contributed by atoms with van der Waals surface area (Å²) in [5.41, 5.74) is 1.28. The molecule has 1 heterocycles. The number of hydrogen-bond donors (Lipinski definition) is 0. The van der Waals surface area contributed by atoms with Crippen molar-refractivity contribution in [3.8, 4) is 0 Å². The van der Waals surface area contributed by atoms with Crippen LogP contribution in [-0.4, -0.2) is 5.54 Å². The van der Waals surface area contributed by atoms with Gasteiger partial charge >= 0.3 is 0 Å². The molecule has 0 amide bonds. The normalized spacial score (nSPS) is 26.9. The van der Waals surface area contributed by atoms with Crippen LogP contribution >= 0.6 is 0 Å². The van der Waals surface area contributed by atoms with Crippen molar-refractivity contribution in [2.45, 2.75) is 18.9 Å². The van der Waals surface area contributed by atoms with Crippen LogP contribution in [0.2, 0.25) is 0 Å². The predicted octanol–water partition coefficient (Wildman–Crippen LogP) is 1.75.